The van der Waals surface area contributed by atoms with Crippen molar-refractivity contribution < 1.29 is 9.47 Å². The molecule has 0 bridgehead atoms. The second kappa shape index (κ2) is 8.75. The molecule has 2 heterocycles. The average molecular weight is 453 g/mol. The minimum atomic E-state index is 0.576. The van der Waals surface area contributed by atoms with Crippen LogP contribution in [-0.4, -0.2) is 13.5 Å². The molecule has 164 valence electrons. The summed E-state index contributed by atoms with van der Waals surface area (Å²) in [4.78, 5) is 6.93. The molecule has 4 aromatic rings. The number of hydrogen-bond donors (Lipinski definition) is 0. The van der Waals surface area contributed by atoms with E-state index in [9.17, 15) is 0 Å². The SMILES string of the molecule is c1ccc(N2COc3ccc(Sc4ccc5c(c4)CN(c4ccccc4)CO5)cc3C2)cc1. The Hall–Kier alpha value is -3.57. The van der Waals surface area contributed by atoms with E-state index in [2.05, 4.69) is 94.7 Å². The minimum Gasteiger partial charge on any atom is -0.473 e. The zero-order valence-corrected chi connectivity index (χ0v) is 19.0. The number of ether oxygens (including phenoxy) is 2. The highest BCUT2D eigenvalue weighted by Crippen LogP contribution is 2.37. The van der Waals surface area contributed by atoms with E-state index in [4.69, 9.17) is 9.47 Å². The summed E-state index contributed by atoms with van der Waals surface area (Å²) in [6, 6.07) is 33.8. The van der Waals surface area contributed by atoms with Gasteiger partial charge in [-0.1, -0.05) is 48.2 Å². The van der Waals surface area contributed by atoms with Crippen molar-refractivity contribution in [3.05, 3.63) is 108 Å². The molecule has 33 heavy (non-hydrogen) atoms. The van der Waals surface area contributed by atoms with Gasteiger partial charge in [-0.2, -0.15) is 0 Å². The van der Waals surface area contributed by atoms with Crippen LogP contribution in [0.25, 0.3) is 0 Å². The maximum atomic E-state index is 6.02. The van der Waals surface area contributed by atoms with Gasteiger partial charge in [-0.25, -0.2) is 0 Å². The Labute approximate surface area is 198 Å². The van der Waals surface area contributed by atoms with Crippen LogP contribution in [0.3, 0.4) is 0 Å². The molecule has 0 radical (unpaired) electrons. The fourth-order valence-electron chi connectivity index (χ4n) is 4.31. The summed E-state index contributed by atoms with van der Waals surface area (Å²) in [5, 5.41) is 0. The summed E-state index contributed by atoms with van der Waals surface area (Å²) < 4.78 is 12.0. The summed E-state index contributed by atoms with van der Waals surface area (Å²) in [5.74, 6) is 1.95. The van der Waals surface area contributed by atoms with Gasteiger partial charge in [0.2, 0.25) is 0 Å². The lowest BCUT2D eigenvalue weighted by Gasteiger charge is -2.31. The molecule has 0 saturated heterocycles. The monoisotopic (exact) mass is 452 g/mol. The van der Waals surface area contributed by atoms with Gasteiger partial charge in [0.15, 0.2) is 13.5 Å². The standard InChI is InChI=1S/C28H24N2O2S/c1-3-7-23(8-4-1)29-17-21-15-25(11-13-27(21)31-19-29)33-26-12-14-28-22(16-26)18-30(20-32-28)24-9-5-2-6-10-24/h1-16H,17-20H2. The summed E-state index contributed by atoms with van der Waals surface area (Å²) in [6.45, 7) is 2.84. The molecule has 0 unspecified atom stereocenters. The number of fused-ring (bicyclic) bond motifs is 2. The number of para-hydroxylation sites is 2. The van der Waals surface area contributed by atoms with E-state index in [1.54, 1.807) is 11.8 Å². The van der Waals surface area contributed by atoms with Gasteiger partial charge in [0.1, 0.15) is 11.5 Å². The number of benzene rings is 4. The molecule has 2 aliphatic heterocycles. The Morgan fingerprint density at radius 1 is 0.545 bits per heavy atom. The van der Waals surface area contributed by atoms with Gasteiger partial charge in [0, 0.05) is 45.4 Å². The highest BCUT2D eigenvalue weighted by molar-refractivity contribution is 7.99. The molecule has 0 saturated carbocycles. The second-order valence-corrected chi connectivity index (χ2v) is 9.40. The van der Waals surface area contributed by atoms with Crippen LogP contribution in [0.4, 0.5) is 11.4 Å². The summed E-state index contributed by atoms with van der Waals surface area (Å²) >= 11 is 1.78. The van der Waals surface area contributed by atoms with Crippen LogP contribution in [0.1, 0.15) is 11.1 Å². The Bertz CT molecular complexity index is 1160. The van der Waals surface area contributed by atoms with Crippen molar-refractivity contribution >= 4 is 23.1 Å². The molecule has 5 heteroatoms. The van der Waals surface area contributed by atoms with Crippen molar-refractivity contribution in [1.82, 2.24) is 0 Å². The van der Waals surface area contributed by atoms with Crippen LogP contribution in [0.5, 0.6) is 11.5 Å². The Balaban J connectivity index is 1.20. The third kappa shape index (κ3) is 4.24. The van der Waals surface area contributed by atoms with Gasteiger partial charge in [0.05, 0.1) is 0 Å². The van der Waals surface area contributed by atoms with Crippen LogP contribution >= 0.6 is 11.8 Å². The molecule has 0 N–H and O–H groups in total. The van der Waals surface area contributed by atoms with Crippen molar-refractivity contribution in [3.8, 4) is 11.5 Å². The molecule has 4 nitrogen and oxygen atoms in total. The van der Waals surface area contributed by atoms with E-state index in [-0.39, 0.29) is 0 Å². The first-order chi connectivity index (χ1) is 16.3. The predicted molar refractivity (Wildman–Crippen MR) is 133 cm³/mol. The molecular weight excluding hydrogens is 428 g/mol. The summed E-state index contributed by atoms with van der Waals surface area (Å²) in [5.41, 5.74) is 4.79. The largest absolute Gasteiger partial charge is 0.473 e. The topological polar surface area (TPSA) is 24.9 Å². The number of nitrogens with zero attached hydrogens (tertiary/aromatic N) is 2. The Morgan fingerprint density at radius 2 is 1.00 bits per heavy atom. The first kappa shape index (κ1) is 20.1. The van der Waals surface area contributed by atoms with Gasteiger partial charge in [-0.05, 0) is 60.7 Å². The average Bonchev–Trinajstić information content (AvgIpc) is 2.89. The molecular formula is C28H24N2O2S. The van der Waals surface area contributed by atoms with Crippen LogP contribution in [0.15, 0.2) is 107 Å². The molecule has 0 fully saturated rings. The van der Waals surface area contributed by atoms with Crippen molar-refractivity contribution in [2.24, 2.45) is 0 Å². The van der Waals surface area contributed by atoms with Crippen molar-refractivity contribution in [1.29, 1.82) is 0 Å². The van der Waals surface area contributed by atoms with Crippen LogP contribution in [0.2, 0.25) is 0 Å². The molecule has 0 aliphatic carbocycles. The van der Waals surface area contributed by atoms with Crippen LogP contribution in [-0.2, 0) is 13.1 Å². The molecule has 4 aromatic carbocycles. The van der Waals surface area contributed by atoms with Gasteiger partial charge in [-0.15, -0.1) is 0 Å². The van der Waals surface area contributed by atoms with Gasteiger partial charge < -0.3 is 19.3 Å². The summed E-state index contributed by atoms with van der Waals surface area (Å²) in [6.07, 6.45) is 0. The van der Waals surface area contributed by atoms with Gasteiger partial charge >= 0.3 is 0 Å². The molecule has 2 aliphatic rings. The lowest BCUT2D eigenvalue weighted by atomic mass is 10.1. The first-order valence-electron chi connectivity index (χ1n) is 11.1. The summed E-state index contributed by atoms with van der Waals surface area (Å²) in [7, 11) is 0. The quantitative estimate of drug-likeness (QED) is 0.350. The maximum absolute atomic E-state index is 6.02. The minimum absolute atomic E-state index is 0.576. The lowest BCUT2D eigenvalue weighted by molar-refractivity contribution is 0.289. The zero-order chi connectivity index (χ0) is 22.0. The Morgan fingerprint density at radius 3 is 1.45 bits per heavy atom. The molecule has 0 aromatic heterocycles. The zero-order valence-electron chi connectivity index (χ0n) is 18.2. The van der Waals surface area contributed by atoms with Gasteiger partial charge in [0.25, 0.3) is 0 Å². The van der Waals surface area contributed by atoms with E-state index in [0.29, 0.717) is 13.5 Å². The predicted octanol–water partition coefficient (Wildman–Crippen LogP) is 6.55. The van der Waals surface area contributed by atoms with Crippen molar-refractivity contribution in [3.63, 3.8) is 0 Å². The van der Waals surface area contributed by atoms with Crippen molar-refractivity contribution in [2.75, 3.05) is 23.3 Å². The van der Waals surface area contributed by atoms with E-state index in [1.165, 1.54) is 32.3 Å². The van der Waals surface area contributed by atoms with Gasteiger partial charge in [-0.3, -0.25) is 0 Å². The normalized spacial score (nSPS) is 14.7. The van der Waals surface area contributed by atoms with Crippen LogP contribution in [0, 0.1) is 0 Å². The fraction of sp³-hybridized carbons (Fsp3) is 0.143. The molecule has 6 rings (SSSR count). The number of rotatable bonds is 4. The lowest BCUT2D eigenvalue weighted by Crippen LogP contribution is -2.31. The molecule has 0 spiro atoms. The second-order valence-electron chi connectivity index (χ2n) is 8.25. The third-order valence-electron chi connectivity index (χ3n) is 6.02. The molecule has 0 atom stereocenters. The number of hydrogen-bond acceptors (Lipinski definition) is 5. The van der Waals surface area contributed by atoms with E-state index in [0.717, 1.165) is 24.6 Å². The van der Waals surface area contributed by atoms with Crippen molar-refractivity contribution in [2.45, 2.75) is 22.9 Å². The fourth-order valence-corrected chi connectivity index (χ4v) is 5.26. The van der Waals surface area contributed by atoms with E-state index < -0.39 is 0 Å². The maximum Gasteiger partial charge on any atom is 0.161 e. The van der Waals surface area contributed by atoms with E-state index >= 15 is 0 Å². The first-order valence-corrected chi connectivity index (χ1v) is 11.9. The Kier molecular flexibility index (Phi) is 5.32. The molecule has 0 amide bonds. The third-order valence-corrected chi connectivity index (χ3v) is 7.00. The number of anilines is 2. The highest BCUT2D eigenvalue weighted by atomic mass is 32.2. The smallest absolute Gasteiger partial charge is 0.161 e. The highest BCUT2D eigenvalue weighted by Gasteiger charge is 2.20. The van der Waals surface area contributed by atoms with E-state index in [1.807, 2.05) is 12.1 Å². The van der Waals surface area contributed by atoms with Crippen LogP contribution < -0.4 is 19.3 Å².